The summed E-state index contributed by atoms with van der Waals surface area (Å²) in [5.41, 5.74) is 8.95. The molecule has 8 aliphatic rings. The minimum absolute atomic E-state index is 0.0182. The van der Waals surface area contributed by atoms with Crippen molar-refractivity contribution >= 4 is 11.6 Å². The van der Waals surface area contributed by atoms with Crippen LogP contribution in [0.4, 0.5) is 11.6 Å². The highest BCUT2D eigenvalue weighted by Crippen LogP contribution is 2.55. The number of hydrogen-bond donors (Lipinski definition) is 1. The van der Waals surface area contributed by atoms with Crippen LogP contribution in [0.2, 0.25) is 0 Å². The maximum Gasteiger partial charge on any atom is 0.223 e. The lowest BCUT2D eigenvalue weighted by atomic mass is 9.75. The Morgan fingerprint density at radius 3 is 1.88 bits per heavy atom. The molecule has 0 radical (unpaired) electrons. The van der Waals surface area contributed by atoms with Gasteiger partial charge in [0.15, 0.2) is 0 Å². The Bertz CT molecular complexity index is 2820. The highest BCUT2D eigenvalue weighted by atomic mass is 16.5. The highest BCUT2D eigenvalue weighted by molar-refractivity contribution is 5.77. The van der Waals surface area contributed by atoms with Crippen LogP contribution in [0.3, 0.4) is 0 Å². The summed E-state index contributed by atoms with van der Waals surface area (Å²) in [5.74, 6) is 4.27. The molecule has 6 aromatic rings. The van der Waals surface area contributed by atoms with Gasteiger partial charge in [-0.2, -0.15) is 20.2 Å². The summed E-state index contributed by atoms with van der Waals surface area (Å²) < 4.78 is 16.8. The first kappa shape index (κ1) is 38.5. The molecule has 0 bridgehead atoms. The number of piperidine rings is 3. The van der Waals surface area contributed by atoms with Gasteiger partial charge in [0, 0.05) is 89.3 Å². The smallest absolute Gasteiger partial charge is 0.223 e. The quantitative estimate of drug-likeness (QED) is 0.135. The zero-order valence-electron chi connectivity index (χ0n) is 37.7. The van der Waals surface area contributed by atoms with Crippen LogP contribution in [-0.2, 0) is 13.2 Å². The molecule has 1 N–H and O–H groups in total. The van der Waals surface area contributed by atoms with E-state index in [1.165, 1.54) is 67.2 Å². The average Bonchev–Trinajstić information content (AvgIpc) is 4.21. The van der Waals surface area contributed by atoms with E-state index in [1.54, 1.807) is 0 Å². The van der Waals surface area contributed by atoms with E-state index in [0.717, 1.165) is 83.3 Å². The molecule has 0 spiro atoms. The summed E-state index contributed by atoms with van der Waals surface area (Å²) in [6.07, 6.45) is 19.8. The van der Waals surface area contributed by atoms with Crippen molar-refractivity contribution in [1.29, 1.82) is 0 Å². The average molecular weight is 867 g/mol. The molecule has 4 aromatic heterocycles. The first-order valence-corrected chi connectivity index (χ1v) is 24.4. The molecule has 2 aliphatic carbocycles. The number of nitrogens with zero attached hydrogens (tertiary/aromatic N) is 9. The standard InChI is InChI=1S/C53H58N10O2/c1-52(2)28-40(61(35-6-7-35)48-16-13-43-41-11-8-36(59-20-4-18-54-59)22-33(41)30-64-50(43)56-48)29-53(3,58-52)27-32-24-46(32)63(39-25-38-10-15-45-47(26-39)62(38)45)49-17-14-44-42-12-9-37(60-21-5-19-55-60)23-34(42)31-65-51(44)57-49/h4-5,8-9,11-14,16-23,32,35,38-40,45-47,58H,6-7,10,15,24-31H2,1-3H3/t32?,38-,39-,40?,45+,46?,47?,53?,62?/m0/s1. The Morgan fingerprint density at radius 2 is 1.28 bits per heavy atom. The molecule has 12 nitrogen and oxygen atoms in total. The van der Waals surface area contributed by atoms with E-state index < -0.39 is 0 Å². The van der Waals surface area contributed by atoms with Gasteiger partial charge in [-0.05, 0) is 174 Å². The van der Waals surface area contributed by atoms with Crippen molar-refractivity contribution in [1.82, 2.24) is 39.7 Å². The van der Waals surface area contributed by atoms with E-state index in [9.17, 15) is 0 Å². The van der Waals surface area contributed by atoms with Gasteiger partial charge in [0.1, 0.15) is 24.8 Å². The van der Waals surface area contributed by atoms with Gasteiger partial charge in [-0.3, -0.25) is 4.90 Å². The minimum atomic E-state index is -0.0232. The Kier molecular flexibility index (Phi) is 8.39. The summed E-state index contributed by atoms with van der Waals surface area (Å²) >= 11 is 0. The van der Waals surface area contributed by atoms with Gasteiger partial charge in [0.05, 0.1) is 11.4 Å². The Balaban J connectivity index is 0.730. The summed E-state index contributed by atoms with van der Waals surface area (Å²) in [6.45, 7) is 8.38. The van der Waals surface area contributed by atoms with Gasteiger partial charge in [-0.15, -0.1) is 0 Å². The monoisotopic (exact) mass is 866 g/mol. The van der Waals surface area contributed by atoms with Gasteiger partial charge < -0.3 is 24.6 Å². The number of aromatic nitrogens is 6. The van der Waals surface area contributed by atoms with Gasteiger partial charge >= 0.3 is 0 Å². The molecular weight excluding hydrogens is 809 g/mol. The summed E-state index contributed by atoms with van der Waals surface area (Å²) in [5, 5.41) is 13.1. The fourth-order valence-corrected chi connectivity index (χ4v) is 13.8. The van der Waals surface area contributed by atoms with Crippen LogP contribution >= 0.6 is 0 Å². The topological polar surface area (TPSA) is 101 Å². The van der Waals surface area contributed by atoms with Crippen molar-refractivity contribution in [2.45, 2.75) is 152 Å². The van der Waals surface area contributed by atoms with E-state index in [1.807, 2.05) is 46.3 Å². The lowest BCUT2D eigenvalue weighted by Crippen LogP contribution is -2.64. The van der Waals surface area contributed by atoms with Crippen LogP contribution in [0.1, 0.15) is 96.1 Å². The molecule has 6 unspecified atom stereocenters. The molecular formula is C53H58N10O2. The normalized spacial score (nSPS) is 30.7. The molecule has 12 heteroatoms. The number of benzene rings is 2. The Hall–Kier alpha value is -5.72. The molecule has 65 heavy (non-hydrogen) atoms. The third-order valence-corrected chi connectivity index (χ3v) is 16.4. The van der Waals surface area contributed by atoms with E-state index >= 15 is 0 Å². The van der Waals surface area contributed by atoms with Crippen LogP contribution < -0.4 is 24.6 Å². The molecule has 2 aromatic carbocycles. The number of ether oxygens (including phenoxy) is 2. The Morgan fingerprint density at radius 1 is 0.646 bits per heavy atom. The van der Waals surface area contributed by atoms with E-state index in [2.05, 4.69) is 112 Å². The highest BCUT2D eigenvalue weighted by Gasteiger charge is 2.61. The number of nitrogens with one attached hydrogen (secondary N) is 1. The van der Waals surface area contributed by atoms with E-state index in [-0.39, 0.29) is 11.1 Å². The van der Waals surface area contributed by atoms with Crippen LogP contribution in [0.25, 0.3) is 33.6 Å². The number of fused-ring (bicyclic) bond motifs is 7. The predicted octanol–water partition coefficient (Wildman–Crippen LogP) is 8.89. The van der Waals surface area contributed by atoms with Crippen molar-refractivity contribution in [3.8, 4) is 45.4 Å². The second kappa shape index (κ2) is 14.1. The second-order valence-corrected chi connectivity index (χ2v) is 21.6. The molecule has 9 atom stereocenters. The molecule has 6 aliphatic heterocycles. The predicted molar refractivity (Wildman–Crippen MR) is 251 cm³/mol. The van der Waals surface area contributed by atoms with Crippen LogP contribution in [0, 0.1) is 5.92 Å². The zero-order valence-corrected chi connectivity index (χ0v) is 37.7. The molecule has 10 heterocycles. The first-order valence-electron chi connectivity index (χ1n) is 24.4. The number of pyridine rings is 2. The lowest BCUT2D eigenvalue weighted by Gasteiger charge is -2.52. The van der Waals surface area contributed by atoms with Gasteiger partial charge in [-0.1, -0.05) is 12.1 Å². The zero-order chi connectivity index (χ0) is 43.2. The van der Waals surface area contributed by atoms with Crippen molar-refractivity contribution in [2.24, 2.45) is 5.92 Å². The fourth-order valence-electron chi connectivity index (χ4n) is 13.8. The third kappa shape index (κ3) is 6.60. The summed E-state index contributed by atoms with van der Waals surface area (Å²) in [4.78, 5) is 19.1. The minimum Gasteiger partial charge on any atom is -0.472 e. The number of rotatable bonds is 10. The molecule has 6 fully saturated rings. The van der Waals surface area contributed by atoms with E-state index in [4.69, 9.17) is 19.4 Å². The summed E-state index contributed by atoms with van der Waals surface area (Å²) in [7, 11) is 0. The third-order valence-electron chi connectivity index (χ3n) is 16.4. The van der Waals surface area contributed by atoms with Gasteiger partial charge in [0.2, 0.25) is 11.8 Å². The van der Waals surface area contributed by atoms with Crippen molar-refractivity contribution < 1.29 is 9.47 Å². The maximum atomic E-state index is 6.52. The molecule has 14 rings (SSSR count). The summed E-state index contributed by atoms with van der Waals surface area (Å²) in [6, 6.07) is 30.3. The first-order chi connectivity index (χ1) is 31.7. The van der Waals surface area contributed by atoms with E-state index in [0.29, 0.717) is 43.3 Å². The largest absolute Gasteiger partial charge is 0.472 e. The van der Waals surface area contributed by atoms with Crippen molar-refractivity contribution in [3.63, 3.8) is 0 Å². The second-order valence-electron chi connectivity index (χ2n) is 21.6. The van der Waals surface area contributed by atoms with Crippen molar-refractivity contribution in [2.75, 3.05) is 9.80 Å². The maximum absolute atomic E-state index is 6.52. The SMILES string of the molecule is CC1(C)CC(N(c2ccc3c(n2)OCc2cc(-n4cccn4)ccc2-3)C2CC2)CC(C)(CC2CC2N(c2ccc3c(n2)OCc2cc(-n4cccn4)ccc2-3)[C@@H]2CC3[C@H]4CC[C@@H](C2)N34)N1. The molecule has 4 saturated heterocycles. The van der Waals surface area contributed by atoms with Crippen LogP contribution in [0.5, 0.6) is 11.8 Å². The molecule has 0 amide bonds. The van der Waals surface area contributed by atoms with Crippen LogP contribution in [0.15, 0.2) is 97.6 Å². The van der Waals surface area contributed by atoms with Gasteiger partial charge in [0.25, 0.3) is 0 Å². The Labute approximate surface area is 381 Å². The van der Waals surface area contributed by atoms with Crippen LogP contribution in [-0.4, -0.2) is 87.8 Å². The number of anilines is 2. The molecule has 2 saturated carbocycles. The molecule has 332 valence electrons. The number of hydrogen-bond acceptors (Lipinski definition) is 10. The van der Waals surface area contributed by atoms with Gasteiger partial charge in [-0.25, -0.2) is 9.36 Å². The fraction of sp³-hybridized carbons (Fsp3) is 0.472. The lowest BCUT2D eigenvalue weighted by molar-refractivity contribution is 0.130. The van der Waals surface area contributed by atoms with Crippen molar-refractivity contribution in [3.05, 3.63) is 109 Å².